The molecule has 0 amide bonds. The molecule has 0 fully saturated rings. The fraction of sp³-hybridized carbons (Fsp3) is 0.375. The summed E-state index contributed by atoms with van der Waals surface area (Å²) in [6.45, 7) is 3.25. The van der Waals surface area contributed by atoms with Crippen LogP contribution in [-0.4, -0.2) is 10.1 Å². The van der Waals surface area contributed by atoms with Crippen LogP contribution in [0.2, 0.25) is 0 Å². The summed E-state index contributed by atoms with van der Waals surface area (Å²) in [5, 5.41) is 9.44. The number of aliphatic hydroxyl groups is 1. The summed E-state index contributed by atoms with van der Waals surface area (Å²) < 4.78 is 0. The summed E-state index contributed by atoms with van der Waals surface area (Å²) >= 11 is 0. The van der Waals surface area contributed by atoms with Crippen LogP contribution in [0, 0.1) is 0 Å². The van der Waals surface area contributed by atoms with Crippen LogP contribution in [0.4, 0.5) is 0 Å². The summed E-state index contributed by atoms with van der Waals surface area (Å²) in [5.74, 6) is 0. The Labute approximate surface area is 64.7 Å². The lowest BCUT2D eigenvalue weighted by atomic mass is 10.1. The second-order valence-corrected chi connectivity index (χ2v) is 2.99. The van der Waals surface area contributed by atoms with Crippen LogP contribution in [0.3, 0.4) is 0 Å². The third kappa shape index (κ3) is 1.91. The van der Waals surface area contributed by atoms with E-state index in [1.54, 1.807) is 26.0 Å². The quantitative estimate of drug-likeness (QED) is 0.620. The van der Waals surface area contributed by atoms with Gasteiger partial charge in [0, 0.05) is 11.8 Å². The van der Waals surface area contributed by atoms with Gasteiger partial charge >= 0.3 is 0 Å². The molecule has 0 saturated carbocycles. The Morgan fingerprint density at radius 3 is 2.45 bits per heavy atom. The van der Waals surface area contributed by atoms with Crippen molar-refractivity contribution in [2.24, 2.45) is 0 Å². The molecule has 3 nitrogen and oxygen atoms in total. The largest absolute Gasteiger partial charge is 0.384 e. The minimum Gasteiger partial charge on any atom is -0.384 e. The average Bonchev–Trinajstić information content (AvgIpc) is 1.86. The molecule has 0 atom stereocenters. The first-order chi connectivity index (χ1) is 5.00. The van der Waals surface area contributed by atoms with Gasteiger partial charge in [0.1, 0.15) is 0 Å². The lowest BCUT2D eigenvalue weighted by Gasteiger charge is -2.16. The first-order valence-electron chi connectivity index (χ1n) is 3.42. The lowest BCUT2D eigenvalue weighted by molar-refractivity contribution is 0.0736. The van der Waals surface area contributed by atoms with Crippen LogP contribution < -0.4 is 5.56 Å². The standard InChI is InChI=1S/C8H11NO2/c1-8(2,11)6-4-3-5-7(10)9-6/h3-5,11H,1-2H3,(H,9,10). The number of rotatable bonds is 1. The first-order valence-corrected chi connectivity index (χ1v) is 3.42. The summed E-state index contributed by atoms with van der Waals surface area (Å²) in [6.07, 6.45) is 0. The fourth-order valence-electron chi connectivity index (χ4n) is 0.805. The Morgan fingerprint density at radius 2 is 2.09 bits per heavy atom. The highest BCUT2D eigenvalue weighted by Gasteiger charge is 2.15. The molecule has 0 aliphatic heterocycles. The maximum atomic E-state index is 10.8. The Hall–Kier alpha value is -1.09. The van der Waals surface area contributed by atoms with Gasteiger partial charge in [0.2, 0.25) is 5.56 Å². The van der Waals surface area contributed by atoms with Crippen molar-refractivity contribution in [2.75, 3.05) is 0 Å². The molecule has 11 heavy (non-hydrogen) atoms. The molecule has 1 heterocycles. The number of hydrogen-bond donors (Lipinski definition) is 2. The van der Waals surface area contributed by atoms with Gasteiger partial charge in [-0.1, -0.05) is 6.07 Å². The molecule has 1 aromatic heterocycles. The number of nitrogens with one attached hydrogen (secondary N) is 1. The van der Waals surface area contributed by atoms with E-state index in [0.717, 1.165) is 0 Å². The van der Waals surface area contributed by atoms with Crippen LogP contribution >= 0.6 is 0 Å². The molecule has 0 bridgehead atoms. The van der Waals surface area contributed by atoms with E-state index in [-0.39, 0.29) is 5.56 Å². The van der Waals surface area contributed by atoms with E-state index in [4.69, 9.17) is 0 Å². The average molecular weight is 153 g/mol. The SMILES string of the molecule is CC(C)(O)c1cccc(=O)[nH]1. The van der Waals surface area contributed by atoms with Crippen LogP contribution in [0.15, 0.2) is 23.0 Å². The topological polar surface area (TPSA) is 53.1 Å². The summed E-state index contributed by atoms with van der Waals surface area (Å²) in [7, 11) is 0. The van der Waals surface area contributed by atoms with Crippen molar-refractivity contribution >= 4 is 0 Å². The molecular formula is C8H11NO2. The molecule has 2 N–H and O–H groups in total. The van der Waals surface area contributed by atoms with Crippen molar-refractivity contribution in [3.8, 4) is 0 Å². The van der Waals surface area contributed by atoms with Crippen molar-refractivity contribution < 1.29 is 5.11 Å². The molecule has 0 saturated heterocycles. The zero-order valence-corrected chi connectivity index (χ0v) is 6.59. The number of aromatic nitrogens is 1. The van der Waals surface area contributed by atoms with E-state index in [0.29, 0.717) is 5.69 Å². The summed E-state index contributed by atoms with van der Waals surface area (Å²) in [5.41, 5.74) is -0.630. The number of H-pyrrole nitrogens is 1. The Kier molecular flexibility index (Phi) is 1.83. The van der Waals surface area contributed by atoms with Gasteiger partial charge in [-0.3, -0.25) is 4.79 Å². The molecule has 1 aromatic rings. The lowest BCUT2D eigenvalue weighted by Crippen LogP contribution is -2.21. The van der Waals surface area contributed by atoms with Gasteiger partial charge < -0.3 is 10.1 Å². The van der Waals surface area contributed by atoms with Crippen LogP contribution in [-0.2, 0) is 5.60 Å². The van der Waals surface area contributed by atoms with Crippen molar-refractivity contribution in [1.82, 2.24) is 4.98 Å². The maximum absolute atomic E-state index is 10.8. The molecule has 0 aliphatic rings. The first kappa shape index (κ1) is 8.01. The number of hydrogen-bond acceptors (Lipinski definition) is 2. The van der Waals surface area contributed by atoms with Gasteiger partial charge in [-0.2, -0.15) is 0 Å². The third-order valence-electron chi connectivity index (χ3n) is 1.43. The summed E-state index contributed by atoms with van der Waals surface area (Å²) in [6, 6.07) is 4.71. The van der Waals surface area contributed by atoms with Gasteiger partial charge in [-0.05, 0) is 19.9 Å². The monoisotopic (exact) mass is 153 g/mol. The van der Waals surface area contributed by atoms with Crippen molar-refractivity contribution in [3.63, 3.8) is 0 Å². The van der Waals surface area contributed by atoms with E-state index in [2.05, 4.69) is 4.98 Å². The van der Waals surface area contributed by atoms with Crippen LogP contribution in [0.5, 0.6) is 0 Å². The molecule has 0 aliphatic carbocycles. The van der Waals surface area contributed by atoms with E-state index in [1.807, 2.05) is 0 Å². The molecule has 1 rings (SSSR count). The minimum atomic E-state index is -0.972. The van der Waals surface area contributed by atoms with Gasteiger partial charge in [-0.15, -0.1) is 0 Å². The molecule has 0 aromatic carbocycles. The zero-order chi connectivity index (χ0) is 8.48. The van der Waals surface area contributed by atoms with Crippen molar-refractivity contribution in [3.05, 3.63) is 34.2 Å². The Bertz CT molecular complexity index is 295. The van der Waals surface area contributed by atoms with E-state index >= 15 is 0 Å². The predicted molar refractivity (Wildman–Crippen MR) is 42.3 cm³/mol. The van der Waals surface area contributed by atoms with Gasteiger partial charge in [-0.25, -0.2) is 0 Å². The molecular weight excluding hydrogens is 142 g/mol. The smallest absolute Gasteiger partial charge is 0.248 e. The van der Waals surface area contributed by atoms with E-state index in [9.17, 15) is 9.90 Å². The Balaban J connectivity index is 3.16. The zero-order valence-electron chi connectivity index (χ0n) is 6.59. The van der Waals surface area contributed by atoms with Gasteiger partial charge in [0.15, 0.2) is 0 Å². The highest BCUT2D eigenvalue weighted by atomic mass is 16.3. The normalized spacial score (nSPS) is 11.5. The molecule has 0 spiro atoms. The van der Waals surface area contributed by atoms with Crippen LogP contribution in [0.1, 0.15) is 19.5 Å². The summed E-state index contributed by atoms with van der Waals surface area (Å²) in [4.78, 5) is 13.3. The Morgan fingerprint density at radius 1 is 1.45 bits per heavy atom. The second kappa shape index (κ2) is 2.51. The maximum Gasteiger partial charge on any atom is 0.248 e. The molecule has 0 unspecified atom stereocenters. The van der Waals surface area contributed by atoms with Crippen LogP contribution in [0.25, 0.3) is 0 Å². The molecule has 60 valence electrons. The highest BCUT2D eigenvalue weighted by molar-refractivity contribution is 5.10. The van der Waals surface area contributed by atoms with E-state index < -0.39 is 5.60 Å². The van der Waals surface area contributed by atoms with Crippen molar-refractivity contribution in [2.45, 2.75) is 19.4 Å². The predicted octanol–water partition coefficient (Wildman–Crippen LogP) is 0.602. The van der Waals surface area contributed by atoms with Crippen molar-refractivity contribution in [1.29, 1.82) is 0 Å². The molecule has 0 radical (unpaired) electrons. The van der Waals surface area contributed by atoms with Gasteiger partial charge in [0.05, 0.1) is 5.60 Å². The fourth-order valence-corrected chi connectivity index (χ4v) is 0.805. The van der Waals surface area contributed by atoms with Gasteiger partial charge in [0.25, 0.3) is 0 Å². The highest BCUT2D eigenvalue weighted by Crippen LogP contribution is 2.14. The minimum absolute atomic E-state index is 0.190. The molecule has 3 heteroatoms. The van der Waals surface area contributed by atoms with E-state index in [1.165, 1.54) is 6.07 Å². The number of aromatic amines is 1. The number of pyridine rings is 1. The second-order valence-electron chi connectivity index (χ2n) is 2.99. The third-order valence-corrected chi connectivity index (χ3v) is 1.43.